The van der Waals surface area contributed by atoms with Crippen LogP contribution in [-0.4, -0.2) is 66.8 Å². The van der Waals surface area contributed by atoms with Gasteiger partial charge in [-0.25, -0.2) is 24.1 Å². The highest BCUT2D eigenvalue weighted by atomic mass is 79.9. The Morgan fingerprint density at radius 3 is 2.42 bits per heavy atom. The number of nitrogens with one attached hydrogen (secondary N) is 1. The molecule has 1 saturated heterocycles. The lowest BCUT2D eigenvalue weighted by Gasteiger charge is -2.39. The van der Waals surface area contributed by atoms with Crippen LogP contribution in [0.2, 0.25) is 0 Å². The highest BCUT2D eigenvalue weighted by molar-refractivity contribution is 9.10. The molecule has 2 aromatic heterocycles. The average molecular weight is 732 g/mol. The predicted octanol–water partition coefficient (Wildman–Crippen LogP) is 6.24. The predicted molar refractivity (Wildman–Crippen MR) is 172 cm³/mol. The summed E-state index contributed by atoms with van der Waals surface area (Å²) in [5.41, 5.74) is -0.299. The molecule has 0 aliphatic carbocycles. The van der Waals surface area contributed by atoms with Crippen molar-refractivity contribution < 1.29 is 37.3 Å². The zero-order chi connectivity index (χ0) is 34.7. The maximum Gasteiger partial charge on any atom is 0.410 e. The van der Waals surface area contributed by atoms with Crippen molar-refractivity contribution in [3.8, 4) is 16.9 Å². The molecule has 11 nitrogen and oxygen atoms in total. The number of halogens is 4. The first kappa shape index (κ1) is 33.7. The number of amides is 2. The molecule has 2 aromatic carbocycles. The molecule has 2 atom stereocenters. The van der Waals surface area contributed by atoms with Crippen LogP contribution in [0.25, 0.3) is 22.2 Å². The molecule has 0 unspecified atom stereocenters. The minimum atomic E-state index is -3.09. The summed E-state index contributed by atoms with van der Waals surface area (Å²) in [6, 6.07) is 6.20. The molecule has 4 heterocycles. The van der Waals surface area contributed by atoms with Gasteiger partial charge in [0.2, 0.25) is 5.91 Å². The molecule has 15 heteroatoms. The first-order valence-electron chi connectivity index (χ1n) is 15.3. The van der Waals surface area contributed by atoms with Crippen molar-refractivity contribution in [1.29, 1.82) is 0 Å². The van der Waals surface area contributed by atoms with Crippen molar-refractivity contribution in [3.05, 3.63) is 70.2 Å². The molecule has 0 bridgehead atoms. The van der Waals surface area contributed by atoms with Crippen molar-refractivity contribution in [3.63, 3.8) is 0 Å². The minimum absolute atomic E-state index is 0.0610. The number of alkyl halides is 2. The van der Waals surface area contributed by atoms with Crippen LogP contribution in [0.15, 0.2) is 47.2 Å². The van der Waals surface area contributed by atoms with E-state index in [4.69, 9.17) is 14.5 Å². The summed E-state index contributed by atoms with van der Waals surface area (Å²) in [4.78, 5) is 40.4. The number of aliphatic hydroxyl groups is 1. The number of benzene rings is 2. The van der Waals surface area contributed by atoms with Gasteiger partial charge in [-0.2, -0.15) is 8.78 Å². The van der Waals surface area contributed by atoms with Crippen molar-refractivity contribution >= 4 is 39.0 Å². The standard InChI is InChI=1S/C33H34BrF3N6O5/c1-32(2,3)48-31(45)42-14-17(15-42)28(44)41-22-11-24(26-19(34)7-6-8-25(26)47-30(36)37)43-23-9-18(20(35)10-21(23)40-27(22)43)16-12-38-29(39-13-16)33(4,5)46/h6-10,12-13,17,22,24,30,46H,11,14-15H2,1-5H3,(H,41,44)/t22-,24-/m1/s1. The van der Waals surface area contributed by atoms with Gasteiger partial charge in [-0.15, -0.1) is 0 Å². The Bertz CT molecular complexity index is 1880. The Labute approximate surface area is 282 Å². The number of rotatable bonds is 7. The van der Waals surface area contributed by atoms with Gasteiger partial charge in [-0.3, -0.25) is 4.79 Å². The lowest BCUT2D eigenvalue weighted by Crippen LogP contribution is -2.56. The summed E-state index contributed by atoms with van der Waals surface area (Å²) < 4.78 is 55.3. The van der Waals surface area contributed by atoms with Gasteiger partial charge in [0.15, 0.2) is 5.82 Å². The highest BCUT2D eigenvalue weighted by Gasteiger charge is 2.42. The van der Waals surface area contributed by atoms with E-state index >= 15 is 4.39 Å². The van der Waals surface area contributed by atoms with Gasteiger partial charge in [0.25, 0.3) is 0 Å². The molecule has 2 amide bonds. The number of carbonyl (C=O) groups excluding carboxylic acids is 2. The van der Waals surface area contributed by atoms with E-state index in [2.05, 4.69) is 31.2 Å². The summed E-state index contributed by atoms with van der Waals surface area (Å²) >= 11 is 3.50. The fourth-order valence-electron chi connectivity index (χ4n) is 5.97. The number of carbonyl (C=O) groups is 2. The Morgan fingerprint density at radius 2 is 1.79 bits per heavy atom. The molecular formula is C33H34BrF3N6O5. The molecule has 6 rings (SSSR count). The van der Waals surface area contributed by atoms with Crippen molar-refractivity contribution in [1.82, 2.24) is 29.7 Å². The fraction of sp³-hybridized carbons (Fsp3) is 0.424. The molecule has 48 heavy (non-hydrogen) atoms. The number of hydrogen-bond donors (Lipinski definition) is 2. The van der Waals surface area contributed by atoms with Crippen LogP contribution in [0.1, 0.15) is 70.3 Å². The van der Waals surface area contributed by atoms with Crippen molar-refractivity contribution in [2.24, 2.45) is 5.92 Å². The van der Waals surface area contributed by atoms with Crippen molar-refractivity contribution in [2.75, 3.05) is 13.1 Å². The number of likely N-dealkylation sites (tertiary alicyclic amines) is 1. The van der Waals surface area contributed by atoms with Crippen LogP contribution in [0.5, 0.6) is 5.75 Å². The van der Waals surface area contributed by atoms with Gasteiger partial charge in [0, 0.05) is 52.7 Å². The second-order valence-corrected chi connectivity index (χ2v) is 14.3. The van der Waals surface area contributed by atoms with E-state index in [0.717, 1.165) is 0 Å². The van der Waals surface area contributed by atoms with E-state index in [-0.39, 0.29) is 48.1 Å². The first-order valence-corrected chi connectivity index (χ1v) is 16.1. The lowest BCUT2D eigenvalue weighted by molar-refractivity contribution is -0.130. The summed E-state index contributed by atoms with van der Waals surface area (Å²) in [5, 5.41) is 13.3. The summed E-state index contributed by atoms with van der Waals surface area (Å²) in [6.45, 7) is 5.61. The van der Waals surface area contributed by atoms with Crippen LogP contribution in [-0.2, 0) is 15.1 Å². The van der Waals surface area contributed by atoms with Gasteiger partial charge >= 0.3 is 12.7 Å². The van der Waals surface area contributed by atoms with E-state index in [1.54, 1.807) is 43.5 Å². The second kappa shape index (κ2) is 12.3. The maximum absolute atomic E-state index is 15.6. The molecule has 2 aliphatic heterocycles. The molecule has 0 radical (unpaired) electrons. The molecule has 0 spiro atoms. The number of aromatic nitrogens is 4. The van der Waals surface area contributed by atoms with E-state index in [1.165, 1.54) is 43.3 Å². The number of fused-ring (bicyclic) bond motifs is 3. The van der Waals surface area contributed by atoms with Crippen LogP contribution in [0.4, 0.5) is 18.0 Å². The van der Waals surface area contributed by atoms with Gasteiger partial charge in [-0.05, 0) is 59.2 Å². The Balaban J connectivity index is 1.37. The van der Waals surface area contributed by atoms with Crippen LogP contribution < -0.4 is 10.1 Å². The Morgan fingerprint density at radius 1 is 1.10 bits per heavy atom. The van der Waals surface area contributed by atoms with Gasteiger partial charge in [0.1, 0.15) is 28.6 Å². The minimum Gasteiger partial charge on any atom is -0.444 e. The quantitative estimate of drug-likeness (QED) is 0.229. The average Bonchev–Trinajstić information content (AvgIpc) is 3.47. The number of hydrogen-bond acceptors (Lipinski definition) is 8. The van der Waals surface area contributed by atoms with E-state index in [9.17, 15) is 23.5 Å². The summed E-state index contributed by atoms with van der Waals surface area (Å²) in [5.74, 6) is -0.907. The lowest BCUT2D eigenvalue weighted by atomic mass is 9.97. The molecule has 2 aliphatic rings. The van der Waals surface area contributed by atoms with Crippen LogP contribution in [0.3, 0.4) is 0 Å². The molecule has 1 fully saturated rings. The largest absolute Gasteiger partial charge is 0.444 e. The number of ether oxygens (including phenoxy) is 2. The SMILES string of the molecule is CC(C)(C)OC(=O)N1CC(C(=O)N[C@@H]2C[C@H](c3c(Br)cccc3OC(F)F)n3c2nc2cc(F)c(-c4cnc(C(C)(C)O)nc4)cc23)C1. The monoisotopic (exact) mass is 730 g/mol. The van der Waals surface area contributed by atoms with Gasteiger partial charge in [0.05, 0.1) is 29.0 Å². The van der Waals surface area contributed by atoms with Crippen LogP contribution in [0, 0.1) is 11.7 Å². The summed E-state index contributed by atoms with van der Waals surface area (Å²) in [7, 11) is 0. The zero-order valence-corrected chi connectivity index (χ0v) is 28.4. The third-order valence-corrected chi connectivity index (χ3v) is 8.87. The van der Waals surface area contributed by atoms with Gasteiger partial charge in [-0.1, -0.05) is 22.0 Å². The number of imidazole rings is 1. The topological polar surface area (TPSA) is 132 Å². The molecule has 2 N–H and O–H groups in total. The van der Waals surface area contributed by atoms with Crippen molar-refractivity contribution in [2.45, 2.75) is 70.9 Å². The third-order valence-electron chi connectivity index (χ3n) is 8.18. The highest BCUT2D eigenvalue weighted by Crippen LogP contribution is 2.47. The number of nitrogens with zero attached hydrogens (tertiary/aromatic N) is 5. The Kier molecular flexibility index (Phi) is 8.65. The molecular weight excluding hydrogens is 697 g/mol. The fourth-order valence-corrected chi connectivity index (χ4v) is 6.58. The third kappa shape index (κ3) is 6.57. The van der Waals surface area contributed by atoms with E-state index in [0.29, 0.717) is 26.9 Å². The first-order chi connectivity index (χ1) is 22.5. The second-order valence-electron chi connectivity index (χ2n) is 13.4. The smallest absolute Gasteiger partial charge is 0.410 e. The molecule has 254 valence electrons. The van der Waals surface area contributed by atoms with Crippen LogP contribution >= 0.6 is 15.9 Å². The van der Waals surface area contributed by atoms with Gasteiger partial charge < -0.3 is 29.4 Å². The summed E-state index contributed by atoms with van der Waals surface area (Å²) in [6.07, 6.45) is 2.54. The normalized spacial score (nSPS) is 18.2. The Hall–Kier alpha value is -4.24. The van der Waals surface area contributed by atoms with E-state index < -0.39 is 47.7 Å². The molecule has 4 aromatic rings. The maximum atomic E-state index is 15.6. The molecule has 0 saturated carbocycles. The van der Waals surface area contributed by atoms with E-state index in [1.807, 2.05) is 0 Å². The zero-order valence-electron chi connectivity index (χ0n) is 26.8.